The van der Waals surface area contributed by atoms with Crippen molar-refractivity contribution in [3.63, 3.8) is 0 Å². The van der Waals surface area contributed by atoms with E-state index < -0.39 is 21.9 Å². The van der Waals surface area contributed by atoms with Gasteiger partial charge in [0.15, 0.2) is 5.13 Å². The predicted octanol–water partition coefficient (Wildman–Crippen LogP) is 3.72. The van der Waals surface area contributed by atoms with Crippen LogP contribution in [0, 0.1) is 0 Å². The fourth-order valence-corrected chi connectivity index (χ4v) is 5.21. The van der Waals surface area contributed by atoms with Crippen LogP contribution in [0.3, 0.4) is 0 Å². The van der Waals surface area contributed by atoms with E-state index in [0.717, 1.165) is 0 Å². The van der Waals surface area contributed by atoms with Crippen LogP contribution in [0.25, 0.3) is 0 Å². The number of hydrogen-bond donors (Lipinski definition) is 1. The van der Waals surface area contributed by atoms with Crippen molar-refractivity contribution in [2.45, 2.75) is 25.2 Å². The monoisotopic (exact) mass is 473 g/mol. The maximum atomic E-state index is 13.2. The minimum Gasteiger partial charge on any atom is -0.466 e. The lowest BCUT2D eigenvalue weighted by atomic mass is 10.2. The van der Waals surface area contributed by atoms with E-state index in [0.29, 0.717) is 16.5 Å². The third kappa shape index (κ3) is 5.51. The number of rotatable bonds is 9. The number of nitrogens with one attached hydrogen (secondary N) is 1. The number of benzene rings is 2. The van der Waals surface area contributed by atoms with Gasteiger partial charge < -0.3 is 4.74 Å². The van der Waals surface area contributed by atoms with Gasteiger partial charge in [-0.3, -0.25) is 19.2 Å². The lowest BCUT2D eigenvalue weighted by molar-refractivity contribution is -0.142. The molecule has 168 valence electrons. The van der Waals surface area contributed by atoms with Gasteiger partial charge in [0.1, 0.15) is 0 Å². The number of carbonyl (C=O) groups excluding carboxylic acids is 2. The van der Waals surface area contributed by atoms with Crippen LogP contribution in [-0.4, -0.2) is 38.4 Å². The minimum atomic E-state index is -3.86. The molecule has 0 radical (unpaired) electrons. The highest BCUT2D eigenvalue weighted by molar-refractivity contribution is 7.92. The summed E-state index contributed by atoms with van der Waals surface area (Å²) in [6.07, 6.45) is 0.0142. The molecule has 1 N–H and O–H groups in total. The Balaban J connectivity index is 1.77. The van der Waals surface area contributed by atoms with E-state index in [-0.39, 0.29) is 30.0 Å². The molecule has 32 heavy (non-hydrogen) atoms. The van der Waals surface area contributed by atoms with E-state index in [4.69, 9.17) is 4.74 Å². The van der Waals surface area contributed by atoms with Gasteiger partial charge in [-0.25, -0.2) is 13.4 Å². The third-order valence-electron chi connectivity index (χ3n) is 4.42. The molecule has 0 unspecified atom stereocenters. The second-order valence-corrected chi connectivity index (χ2v) is 9.33. The molecule has 0 atom stereocenters. The predicted molar refractivity (Wildman–Crippen MR) is 123 cm³/mol. The van der Waals surface area contributed by atoms with E-state index in [1.165, 1.54) is 39.9 Å². The van der Waals surface area contributed by atoms with Crippen LogP contribution in [0.5, 0.6) is 0 Å². The normalized spacial score (nSPS) is 11.1. The Labute approximate surface area is 190 Å². The summed E-state index contributed by atoms with van der Waals surface area (Å²) >= 11 is 1.17. The summed E-state index contributed by atoms with van der Waals surface area (Å²) in [5.74, 6) is -0.894. The van der Waals surface area contributed by atoms with Gasteiger partial charge in [-0.05, 0) is 44.2 Å². The van der Waals surface area contributed by atoms with Crippen molar-refractivity contribution in [3.8, 4) is 0 Å². The van der Waals surface area contributed by atoms with Crippen molar-refractivity contribution in [1.29, 1.82) is 0 Å². The maximum absolute atomic E-state index is 13.2. The molecular formula is C22H23N3O5S2. The third-order valence-corrected chi connectivity index (χ3v) is 7.12. The smallest absolute Gasteiger partial charge is 0.311 e. The summed E-state index contributed by atoms with van der Waals surface area (Å²) in [5, 5.41) is 4.61. The Hall–Kier alpha value is -3.24. The topological polar surface area (TPSA) is 106 Å². The number of amides is 1. The van der Waals surface area contributed by atoms with E-state index in [2.05, 4.69) is 10.3 Å². The highest BCUT2D eigenvalue weighted by Gasteiger charge is 2.24. The van der Waals surface area contributed by atoms with Crippen molar-refractivity contribution < 1.29 is 22.7 Å². The molecule has 0 spiro atoms. The Morgan fingerprint density at radius 3 is 2.53 bits per heavy atom. The molecule has 3 aromatic rings. The summed E-state index contributed by atoms with van der Waals surface area (Å²) in [6.45, 7) is 3.99. The maximum Gasteiger partial charge on any atom is 0.311 e. The van der Waals surface area contributed by atoms with Crippen molar-refractivity contribution in [2.75, 3.05) is 22.8 Å². The summed E-state index contributed by atoms with van der Waals surface area (Å²) in [5.41, 5.74) is 1.21. The number of ether oxygens (including phenoxy) is 1. The number of anilines is 2. The average Bonchev–Trinajstić information content (AvgIpc) is 3.21. The molecule has 0 aliphatic carbocycles. The molecule has 1 heterocycles. The van der Waals surface area contributed by atoms with Crippen LogP contribution in [0.1, 0.15) is 29.9 Å². The molecule has 1 aromatic heterocycles. The molecule has 0 aliphatic heterocycles. The van der Waals surface area contributed by atoms with Gasteiger partial charge in [0.25, 0.3) is 15.9 Å². The average molecular weight is 474 g/mol. The first-order chi connectivity index (χ1) is 15.3. The minimum absolute atomic E-state index is 0.0120. The number of hydrogen-bond acceptors (Lipinski definition) is 7. The van der Waals surface area contributed by atoms with Crippen LogP contribution in [-0.2, 0) is 26.0 Å². The van der Waals surface area contributed by atoms with E-state index in [1.54, 1.807) is 43.5 Å². The molecule has 0 saturated heterocycles. The highest BCUT2D eigenvalue weighted by Crippen LogP contribution is 2.24. The summed E-state index contributed by atoms with van der Waals surface area (Å²) in [6, 6.07) is 14.6. The van der Waals surface area contributed by atoms with Crippen LogP contribution < -0.4 is 9.62 Å². The van der Waals surface area contributed by atoms with Gasteiger partial charge in [-0.1, -0.05) is 24.3 Å². The molecule has 0 saturated carbocycles. The van der Waals surface area contributed by atoms with Crippen molar-refractivity contribution in [1.82, 2.24) is 4.98 Å². The standard InChI is InChI=1S/C22H23N3O5S2/c1-3-25(18-10-6-5-7-11-18)32(28,29)19-12-8-9-16(13-19)21(27)24-22-23-17(15-31-22)14-20(26)30-4-2/h5-13,15H,3-4,14H2,1-2H3,(H,23,24,27). The molecule has 0 bridgehead atoms. The zero-order valence-electron chi connectivity index (χ0n) is 17.6. The molecule has 1 amide bonds. The van der Waals surface area contributed by atoms with E-state index in [1.807, 2.05) is 6.07 Å². The van der Waals surface area contributed by atoms with Gasteiger partial charge in [0.2, 0.25) is 0 Å². The van der Waals surface area contributed by atoms with Crippen LogP contribution in [0.4, 0.5) is 10.8 Å². The first-order valence-electron chi connectivity index (χ1n) is 9.94. The largest absolute Gasteiger partial charge is 0.466 e. The van der Waals surface area contributed by atoms with Crippen LogP contribution in [0.15, 0.2) is 64.9 Å². The van der Waals surface area contributed by atoms with Gasteiger partial charge in [-0.2, -0.15) is 0 Å². The number of thiazole rings is 1. The Morgan fingerprint density at radius 2 is 1.84 bits per heavy atom. The fraction of sp³-hybridized carbons (Fsp3) is 0.227. The van der Waals surface area contributed by atoms with Gasteiger partial charge in [0, 0.05) is 17.5 Å². The van der Waals surface area contributed by atoms with E-state index in [9.17, 15) is 18.0 Å². The zero-order chi connectivity index (χ0) is 23.1. The van der Waals surface area contributed by atoms with Crippen LogP contribution >= 0.6 is 11.3 Å². The lowest BCUT2D eigenvalue weighted by Crippen LogP contribution is -2.30. The molecule has 0 aliphatic rings. The Bertz CT molecular complexity index is 1190. The quantitative estimate of drug-likeness (QED) is 0.475. The number of sulfonamides is 1. The first kappa shape index (κ1) is 23.4. The van der Waals surface area contributed by atoms with E-state index >= 15 is 0 Å². The molecule has 8 nitrogen and oxygen atoms in total. The number of carbonyl (C=O) groups is 2. The Morgan fingerprint density at radius 1 is 1.09 bits per heavy atom. The van der Waals surface area contributed by atoms with Crippen molar-refractivity contribution in [2.24, 2.45) is 0 Å². The Kier molecular flexibility index (Phi) is 7.60. The second kappa shape index (κ2) is 10.4. The number of esters is 1. The van der Waals surface area contributed by atoms with Gasteiger partial charge in [0.05, 0.1) is 29.3 Å². The number of nitrogens with zero attached hydrogens (tertiary/aromatic N) is 2. The van der Waals surface area contributed by atoms with Gasteiger partial charge in [-0.15, -0.1) is 11.3 Å². The van der Waals surface area contributed by atoms with Gasteiger partial charge >= 0.3 is 5.97 Å². The van der Waals surface area contributed by atoms with Crippen LogP contribution in [0.2, 0.25) is 0 Å². The summed E-state index contributed by atoms with van der Waals surface area (Å²) in [4.78, 5) is 28.5. The van der Waals surface area contributed by atoms with Crippen molar-refractivity contribution in [3.05, 3.63) is 71.2 Å². The zero-order valence-corrected chi connectivity index (χ0v) is 19.3. The molecule has 2 aromatic carbocycles. The van der Waals surface area contributed by atoms with Crippen molar-refractivity contribution >= 4 is 44.1 Å². The molecule has 3 rings (SSSR count). The first-order valence-corrected chi connectivity index (χ1v) is 12.3. The molecular weight excluding hydrogens is 450 g/mol. The lowest BCUT2D eigenvalue weighted by Gasteiger charge is -2.23. The summed E-state index contributed by atoms with van der Waals surface area (Å²) < 4.78 is 32.6. The second-order valence-electron chi connectivity index (χ2n) is 6.61. The molecule has 10 heteroatoms. The summed E-state index contributed by atoms with van der Waals surface area (Å²) in [7, 11) is -3.86. The highest BCUT2D eigenvalue weighted by atomic mass is 32.2. The number of para-hydroxylation sites is 1. The SMILES string of the molecule is CCOC(=O)Cc1csc(NC(=O)c2cccc(S(=O)(=O)N(CC)c3ccccc3)c2)n1. The number of aromatic nitrogens is 1. The fourth-order valence-electron chi connectivity index (χ4n) is 2.99. The molecule has 0 fully saturated rings.